The quantitative estimate of drug-likeness (QED) is 0.223. The highest BCUT2D eigenvalue weighted by Gasteiger charge is 2.41. The van der Waals surface area contributed by atoms with Crippen molar-refractivity contribution in [2.24, 2.45) is 5.73 Å². The molecule has 1 heterocycles. The van der Waals surface area contributed by atoms with Crippen molar-refractivity contribution in [3.05, 3.63) is 114 Å². The summed E-state index contributed by atoms with van der Waals surface area (Å²) in [5.41, 5.74) is 14.1. The van der Waals surface area contributed by atoms with Crippen LogP contribution < -0.4 is 10.6 Å². The van der Waals surface area contributed by atoms with Crippen molar-refractivity contribution in [3.63, 3.8) is 0 Å². The van der Waals surface area contributed by atoms with Crippen LogP contribution in [0, 0.1) is 28.7 Å². The Morgan fingerprint density at radius 1 is 1.11 bits per heavy atom. The van der Waals surface area contributed by atoms with E-state index in [4.69, 9.17) is 17.3 Å². The van der Waals surface area contributed by atoms with E-state index in [0.29, 0.717) is 23.4 Å². The van der Waals surface area contributed by atoms with Gasteiger partial charge in [0.1, 0.15) is 5.82 Å². The molecule has 0 amide bonds. The van der Waals surface area contributed by atoms with Crippen LogP contribution in [-0.4, -0.2) is 5.78 Å². The average molecular weight is 652 g/mol. The Morgan fingerprint density at radius 2 is 1.82 bits per heavy atom. The van der Waals surface area contributed by atoms with Crippen LogP contribution in [0.25, 0.3) is 0 Å². The van der Waals surface area contributed by atoms with Gasteiger partial charge in [-0.2, -0.15) is 5.26 Å². The molecule has 1 aliphatic heterocycles. The van der Waals surface area contributed by atoms with Crippen molar-refractivity contribution < 1.29 is 4.79 Å². The number of halogens is 2. The third-order valence-corrected chi connectivity index (χ3v) is 9.25. The molecule has 1 aliphatic carbocycles. The summed E-state index contributed by atoms with van der Waals surface area (Å²) in [5, 5.41) is 11.1. The maximum Gasteiger partial charge on any atom is 0.161 e. The summed E-state index contributed by atoms with van der Waals surface area (Å²) in [7, 11) is 0. The fraction of sp³-hybridized carbons (Fsp3) is 0.226. The highest BCUT2D eigenvalue weighted by atomic mass is 127. The number of allylic oxidation sites excluding steroid dienone is 3. The van der Waals surface area contributed by atoms with E-state index < -0.39 is 5.92 Å². The molecule has 3 aromatic carbocycles. The lowest BCUT2D eigenvalue weighted by Crippen LogP contribution is -2.39. The molecule has 2 N–H and O–H groups in total. The van der Waals surface area contributed by atoms with Gasteiger partial charge in [0, 0.05) is 42.6 Å². The zero-order valence-electron chi connectivity index (χ0n) is 21.2. The minimum Gasteiger partial charge on any atom is -0.384 e. The Labute approximate surface area is 246 Å². The van der Waals surface area contributed by atoms with Gasteiger partial charge in [0.25, 0.3) is 0 Å². The molecule has 192 valence electrons. The largest absolute Gasteiger partial charge is 0.384 e. The molecule has 38 heavy (non-hydrogen) atoms. The number of carbonyl (C=O) groups excluding carboxylic acids is 1. The van der Waals surface area contributed by atoms with Crippen LogP contribution in [0.1, 0.15) is 47.4 Å². The SMILES string of the molecule is Cc1cc(CSc2ccc(Cl)cc2)c(C)c(C2C(C#N)=C(N)N(c3ccc(I)cc3)C3=C2C(=O)CCC3)c1. The Hall–Kier alpha value is -2.73. The molecule has 0 spiro atoms. The van der Waals surface area contributed by atoms with E-state index in [0.717, 1.165) is 60.2 Å². The van der Waals surface area contributed by atoms with Gasteiger partial charge in [-0.3, -0.25) is 9.69 Å². The van der Waals surface area contributed by atoms with Crippen molar-refractivity contribution in [2.45, 2.75) is 49.7 Å². The second kappa shape index (κ2) is 11.2. The zero-order chi connectivity index (χ0) is 27.0. The predicted octanol–water partition coefficient (Wildman–Crippen LogP) is 8.16. The Bertz CT molecular complexity index is 1520. The number of hydrogen-bond donors (Lipinski definition) is 1. The molecule has 0 saturated heterocycles. The Kier molecular flexibility index (Phi) is 7.90. The monoisotopic (exact) mass is 651 g/mol. The number of nitrogens with zero attached hydrogens (tertiary/aromatic N) is 2. The van der Waals surface area contributed by atoms with Gasteiger partial charge in [0.15, 0.2) is 5.78 Å². The van der Waals surface area contributed by atoms with Crippen molar-refractivity contribution in [2.75, 3.05) is 4.90 Å². The number of thioether (sulfide) groups is 1. The molecular formula is C31H27ClIN3OS. The van der Waals surface area contributed by atoms with Crippen LogP contribution in [0.5, 0.6) is 0 Å². The van der Waals surface area contributed by atoms with Gasteiger partial charge in [-0.1, -0.05) is 29.3 Å². The van der Waals surface area contributed by atoms with Gasteiger partial charge in [0.2, 0.25) is 0 Å². The van der Waals surface area contributed by atoms with E-state index in [2.05, 4.69) is 54.6 Å². The molecular weight excluding hydrogens is 625 g/mol. The number of nitrogens with two attached hydrogens (primary N) is 1. The molecule has 1 unspecified atom stereocenters. The molecule has 2 aliphatic rings. The van der Waals surface area contributed by atoms with E-state index in [1.54, 1.807) is 11.8 Å². The van der Waals surface area contributed by atoms with Gasteiger partial charge in [-0.25, -0.2) is 0 Å². The predicted molar refractivity (Wildman–Crippen MR) is 164 cm³/mol. The first-order valence-corrected chi connectivity index (χ1v) is 14.9. The number of nitriles is 1. The summed E-state index contributed by atoms with van der Waals surface area (Å²) in [6.45, 7) is 4.16. The number of rotatable bonds is 5. The third-order valence-electron chi connectivity index (χ3n) is 7.22. The second-order valence-corrected chi connectivity index (χ2v) is 12.4. The molecule has 7 heteroatoms. The maximum atomic E-state index is 13.6. The van der Waals surface area contributed by atoms with Gasteiger partial charge in [-0.05, 0) is 115 Å². The number of Topliss-reactive ketones (excluding diaryl/α,β-unsaturated/α-hetero) is 1. The highest BCUT2D eigenvalue weighted by Crippen LogP contribution is 2.47. The lowest BCUT2D eigenvalue weighted by Gasteiger charge is -2.40. The topological polar surface area (TPSA) is 70.1 Å². The molecule has 0 saturated carbocycles. The van der Waals surface area contributed by atoms with Gasteiger partial charge < -0.3 is 5.73 Å². The summed E-state index contributed by atoms with van der Waals surface area (Å²) in [5.74, 6) is 0.808. The van der Waals surface area contributed by atoms with E-state index in [1.165, 1.54) is 5.56 Å². The fourth-order valence-electron chi connectivity index (χ4n) is 5.39. The number of ketones is 1. The first-order valence-electron chi connectivity index (χ1n) is 12.5. The Balaban J connectivity index is 1.62. The van der Waals surface area contributed by atoms with Crippen molar-refractivity contribution in [3.8, 4) is 6.07 Å². The highest BCUT2D eigenvalue weighted by molar-refractivity contribution is 14.1. The van der Waals surface area contributed by atoms with Crippen LogP contribution in [0.2, 0.25) is 5.02 Å². The third kappa shape index (κ3) is 5.12. The Morgan fingerprint density at radius 3 is 2.50 bits per heavy atom. The molecule has 0 aromatic heterocycles. The first-order chi connectivity index (χ1) is 18.3. The average Bonchev–Trinajstić information content (AvgIpc) is 2.90. The summed E-state index contributed by atoms with van der Waals surface area (Å²) >= 11 is 10.1. The lowest BCUT2D eigenvalue weighted by molar-refractivity contribution is -0.116. The lowest BCUT2D eigenvalue weighted by atomic mass is 9.73. The standard InChI is InChI=1S/C31H27ClIN3OS/c1-18-14-20(17-38-24-12-6-21(32)7-13-24)19(2)25(15-18)29-26(16-34)31(35)36(23-10-8-22(33)9-11-23)27-4-3-5-28(37)30(27)29/h6-15,29H,3-5,17,35H2,1-2H3. The molecule has 0 radical (unpaired) electrons. The van der Waals surface area contributed by atoms with Gasteiger partial charge in [0.05, 0.1) is 17.6 Å². The van der Waals surface area contributed by atoms with Crippen LogP contribution in [0.3, 0.4) is 0 Å². The fourth-order valence-corrected chi connectivity index (χ4v) is 6.82. The van der Waals surface area contributed by atoms with Crippen LogP contribution in [0.4, 0.5) is 5.69 Å². The zero-order valence-corrected chi connectivity index (χ0v) is 25.0. The number of benzene rings is 3. The van der Waals surface area contributed by atoms with E-state index in [1.807, 2.05) is 53.4 Å². The molecule has 0 fully saturated rings. The smallest absolute Gasteiger partial charge is 0.161 e. The van der Waals surface area contributed by atoms with E-state index in [9.17, 15) is 10.1 Å². The first kappa shape index (κ1) is 26.9. The molecule has 1 atom stereocenters. The van der Waals surface area contributed by atoms with Crippen molar-refractivity contribution in [1.29, 1.82) is 5.26 Å². The summed E-state index contributed by atoms with van der Waals surface area (Å²) in [6, 6.07) is 22.6. The number of anilines is 1. The summed E-state index contributed by atoms with van der Waals surface area (Å²) in [4.78, 5) is 16.6. The number of aryl methyl sites for hydroxylation is 1. The van der Waals surface area contributed by atoms with Crippen molar-refractivity contribution >= 4 is 57.4 Å². The van der Waals surface area contributed by atoms with Crippen LogP contribution in [-0.2, 0) is 10.5 Å². The summed E-state index contributed by atoms with van der Waals surface area (Å²) in [6.07, 6.45) is 2.00. The molecule has 0 bridgehead atoms. The minimum absolute atomic E-state index is 0.102. The normalized spacial score (nSPS) is 17.5. The summed E-state index contributed by atoms with van der Waals surface area (Å²) < 4.78 is 1.11. The van der Waals surface area contributed by atoms with E-state index >= 15 is 0 Å². The maximum absolute atomic E-state index is 13.6. The van der Waals surface area contributed by atoms with E-state index in [-0.39, 0.29) is 5.78 Å². The minimum atomic E-state index is -0.470. The second-order valence-electron chi connectivity index (χ2n) is 9.67. The van der Waals surface area contributed by atoms with Crippen LogP contribution in [0.15, 0.2) is 88.2 Å². The van der Waals surface area contributed by atoms with Crippen molar-refractivity contribution in [1.82, 2.24) is 0 Å². The molecule has 3 aromatic rings. The van der Waals surface area contributed by atoms with Gasteiger partial charge >= 0.3 is 0 Å². The molecule has 4 nitrogen and oxygen atoms in total. The van der Waals surface area contributed by atoms with Gasteiger partial charge in [-0.15, -0.1) is 11.8 Å². The van der Waals surface area contributed by atoms with Crippen LogP contribution >= 0.6 is 46.0 Å². The molecule has 5 rings (SSSR count). The number of hydrogen-bond acceptors (Lipinski definition) is 5. The number of carbonyl (C=O) groups is 1.